The molecular weight excluding hydrogens is 310 g/mol. The van der Waals surface area contributed by atoms with Gasteiger partial charge in [0.1, 0.15) is 0 Å². The van der Waals surface area contributed by atoms with Gasteiger partial charge in [0, 0.05) is 17.6 Å². The van der Waals surface area contributed by atoms with Crippen LogP contribution in [0.2, 0.25) is 0 Å². The van der Waals surface area contributed by atoms with Crippen molar-refractivity contribution < 1.29 is 14.3 Å². The number of hydrogen-bond donors (Lipinski definition) is 0. The number of para-hydroxylation sites is 1. The van der Waals surface area contributed by atoms with Gasteiger partial charge in [-0.2, -0.15) is 0 Å². The van der Waals surface area contributed by atoms with Crippen molar-refractivity contribution in [2.75, 3.05) is 26.2 Å². The molecule has 122 valence electrons. The van der Waals surface area contributed by atoms with E-state index < -0.39 is 0 Å². The van der Waals surface area contributed by atoms with Crippen LogP contribution in [-0.2, 0) is 4.79 Å². The Morgan fingerprint density at radius 3 is 2.30 bits per heavy atom. The highest BCUT2D eigenvalue weighted by atomic mass is 32.2. The van der Waals surface area contributed by atoms with Crippen LogP contribution in [0.5, 0.6) is 11.5 Å². The van der Waals surface area contributed by atoms with Crippen molar-refractivity contribution >= 4 is 23.4 Å². The third kappa shape index (κ3) is 4.20. The lowest BCUT2D eigenvalue weighted by Gasteiger charge is -2.21. The highest BCUT2D eigenvalue weighted by Crippen LogP contribution is 2.34. The first-order valence-electron chi connectivity index (χ1n) is 7.28. The number of hydrogen-bond acceptors (Lipinski definition) is 4. The summed E-state index contributed by atoms with van der Waals surface area (Å²) < 4.78 is 10.5. The van der Waals surface area contributed by atoms with Crippen molar-refractivity contribution in [1.29, 1.82) is 0 Å². The summed E-state index contributed by atoms with van der Waals surface area (Å²) in [6.07, 6.45) is 0. The summed E-state index contributed by atoms with van der Waals surface area (Å²) in [5, 5.41) is -0.210. The first kappa shape index (κ1) is 17.2. The molecule has 2 rings (SSSR count). The van der Waals surface area contributed by atoms with Gasteiger partial charge >= 0.3 is 0 Å². The van der Waals surface area contributed by atoms with E-state index in [4.69, 9.17) is 9.47 Å². The summed E-state index contributed by atoms with van der Waals surface area (Å²) in [6, 6.07) is 15.3. The van der Waals surface area contributed by atoms with Gasteiger partial charge in [-0.3, -0.25) is 4.79 Å². The number of thioether (sulfide) groups is 1. The number of benzene rings is 2. The minimum atomic E-state index is -0.210. The maximum absolute atomic E-state index is 12.6. The maximum atomic E-state index is 12.6. The average molecular weight is 331 g/mol. The second-order valence-electron chi connectivity index (χ2n) is 5.01. The zero-order valence-electron chi connectivity index (χ0n) is 13.8. The van der Waals surface area contributed by atoms with E-state index in [1.807, 2.05) is 55.5 Å². The normalized spacial score (nSPS) is 11.7. The number of ether oxygens (including phenoxy) is 2. The molecule has 2 aromatic rings. The van der Waals surface area contributed by atoms with Gasteiger partial charge in [0.05, 0.1) is 19.5 Å². The van der Waals surface area contributed by atoms with Crippen LogP contribution in [0, 0.1) is 0 Å². The Hall–Kier alpha value is -2.14. The molecule has 0 saturated heterocycles. The Balaban J connectivity index is 2.09. The highest BCUT2D eigenvalue weighted by Gasteiger charge is 2.20. The van der Waals surface area contributed by atoms with Crippen molar-refractivity contribution in [2.24, 2.45) is 0 Å². The molecule has 0 radical (unpaired) electrons. The van der Waals surface area contributed by atoms with Crippen LogP contribution in [0.3, 0.4) is 0 Å². The number of methoxy groups -OCH3 is 2. The lowest BCUT2D eigenvalue weighted by Crippen LogP contribution is -2.33. The fourth-order valence-electron chi connectivity index (χ4n) is 2.20. The van der Waals surface area contributed by atoms with Crippen molar-refractivity contribution in [1.82, 2.24) is 0 Å². The van der Waals surface area contributed by atoms with Crippen molar-refractivity contribution in [3.8, 4) is 11.5 Å². The number of amides is 1. The molecule has 0 bridgehead atoms. The first-order valence-corrected chi connectivity index (χ1v) is 8.16. The zero-order chi connectivity index (χ0) is 16.8. The minimum absolute atomic E-state index is 0.0518. The molecular formula is C18H21NO3S. The van der Waals surface area contributed by atoms with Gasteiger partial charge < -0.3 is 14.4 Å². The van der Waals surface area contributed by atoms with Gasteiger partial charge in [-0.05, 0) is 37.3 Å². The van der Waals surface area contributed by atoms with Gasteiger partial charge in [-0.15, -0.1) is 11.8 Å². The second kappa shape index (κ2) is 7.92. The Labute approximate surface area is 141 Å². The van der Waals surface area contributed by atoms with E-state index in [2.05, 4.69) is 0 Å². The molecule has 23 heavy (non-hydrogen) atoms. The fourth-order valence-corrected chi connectivity index (χ4v) is 3.18. The van der Waals surface area contributed by atoms with E-state index in [0.717, 1.165) is 10.6 Å². The molecule has 0 heterocycles. The predicted molar refractivity (Wildman–Crippen MR) is 94.7 cm³/mol. The number of carbonyl (C=O) groups is 1. The van der Waals surface area contributed by atoms with Gasteiger partial charge in [0.15, 0.2) is 11.5 Å². The smallest absolute Gasteiger partial charge is 0.239 e. The van der Waals surface area contributed by atoms with Crippen molar-refractivity contribution in [3.63, 3.8) is 0 Å². The molecule has 0 fully saturated rings. The van der Waals surface area contributed by atoms with Crippen LogP contribution in [0.4, 0.5) is 5.69 Å². The number of carbonyl (C=O) groups excluding carboxylic acids is 1. The molecule has 2 aromatic carbocycles. The molecule has 0 aliphatic rings. The molecule has 0 aromatic heterocycles. The molecule has 1 amide bonds. The minimum Gasteiger partial charge on any atom is -0.493 e. The molecule has 0 aliphatic heterocycles. The monoisotopic (exact) mass is 331 g/mol. The second-order valence-corrected chi connectivity index (χ2v) is 6.42. The van der Waals surface area contributed by atoms with Crippen LogP contribution in [0.25, 0.3) is 0 Å². The Kier molecular flexibility index (Phi) is 5.93. The lowest BCUT2D eigenvalue weighted by atomic mass is 10.3. The SMILES string of the molecule is COc1ccc(S[C@@H](C)C(=O)N(C)c2ccccc2)cc1OC. The van der Waals surface area contributed by atoms with E-state index in [1.54, 1.807) is 26.2 Å². The van der Waals surface area contributed by atoms with Gasteiger partial charge in [-0.1, -0.05) is 18.2 Å². The molecule has 0 aliphatic carbocycles. The van der Waals surface area contributed by atoms with E-state index in [0.29, 0.717) is 11.5 Å². The lowest BCUT2D eigenvalue weighted by molar-refractivity contribution is -0.117. The topological polar surface area (TPSA) is 38.8 Å². The average Bonchev–Trinajstić information content (AvgIpc) is 2.60. The molecule has 0 saturated carbocycles. The van der Waals surface area contributed by atoms with E-state index in [9.17, 15) is 4.79 Å². The quantitative estimate of drug-likeness (QED) is 0.754. The summed E-state index contributed by atoms with van der Waals surface area (Å²) in [5.41, 5.74) is 0.886. The fraction of sp³-hybridized carbons (Fsp3) is 0.278. The van der Waals surface area contributed by atoms with E-state index in [1.165, 1.54) is 11.8 Å². The van der Waals surface area contributed by atoms with E-state index >= 15 is 0 Å². The molecule has 5 heteroatoms. The first-order chi connectivity index (χ1) is 11.1. The van der Waals surface area contributed by atoms with Crippen molar-refractivity contribution in [2.45, 2.75) is 17.1 Å². The number of rotatable bonds is 6. The molecule has 1 atom stereocenters. The predicted octanol–water partition coefficient (Wildman–Crippen LogP) is 3.85. The van der Waals surface area contributed by atoms with Crippen LogP contribution < -0.4 is 14.4 Å². The number of anilines is 1. The van der Waals surface area contributed by atoms with Crippen LogP contribution >= 0.6 is 11.8 Å². The summed E-state index contributed by atoms with van der Waals surface area (Å²) in [7, 11) is 5.00. The maximum Gasteiger partial charge on any atom is 0.239 e. The third-order valence-electron chi connectivity index (χ3n) is 3.49. The van der Waals surface area contributed by atoms with Gasteiger partial charge in [-0.25, -0.2) is 0 Å². The highest BCUT2D eigenvalue weighted by molar-refractivity contribution is 8.00. The largest absolute Gasteiger partial charge is 0.493 e. The molecule has 0 unspecified atom stereocenters. The molecule has 0 spiro atoms. The summed E-state index contributed by atoms with van der Waals surface area (Å²) in [5.74, 6) is 1.39. The van der Waals surface area contributed by atoms with Gasteiger partial charge in [0.25, 0.3) is 0 Å². The Morgan fingerprint density at radius 1 is 1.04 bits per heavy atom. The summed E-state index contributed by atoms with van der Waals surface area (Å²) >= 11 is 1.50. The van der Waals surface area contributed by atoms with E-state index in [-0.39, 0.29) is 11.2 Å². The van der Waals surface area contributed by atoms with Gasteiger partial charge in [0.2, 0.25) is 5.91 Å². The summed E-state index contributed by atoms with van der Waals surface area (Å²) in [6.45, 7) is 1.91. The summed E-state index contributed by atoms with van der Waals surface area (Å²) in [4.78, 5) is 15.2. The zero-order valence-corrected chi connectivity index (χ0v) is 14.6. The standard InChI is InChI=1S/C18H21NO3S/c1-13(18(20)19(2)14-8-6-5-7-9-14)23-15-10-11-16(21-3)17(12-15)22-4/h5-13H,1-4H3/t13-/m0/s1. The Morgan fingerprint density at radius 2 is 1.70 bits per heavy atom. The molecule has 4 nitrogen and oxygen atoms in total. The molecule has 0 N–H and O–H groups in total. The van der Waals surface area contributed by atoms with Crippen LogP contribution in [0.15, 0.2) is 53.4 Å². The van der Waals surface area contributed by atoms with Crippen LogP contribution in [0.1, 0.15) is 6.92 Å². The number of nitrogens with zero attached hydrogens (tertiary/aromatic N) is 1. The third-order valence-corrected chi connectivity index (χ3v) is 4.57. The van der Waals surface area contributed by atoms with Crippen molar-refractivity contribution in [3.05, 3.63) is 48.5 Å². The van der Waals surface area contributed by atoms with Crippen LogP contribution in [-0.4, -0.2) is 32.4 Å². The Bertz CT molecular complexity index is 661.